The molecule has 0 aromatic carbocycles. The topological polar surface area (TPSA) is 151 Å². The summed E-state index contributed by atoms with van der Waals surface area (Å²) in [5.74, 6) is -4.08. The van der Waals surface area contributed by atoms with Gasteiger partial charge in [-0.1, -0.05) is 0 Å². The first-order chi connectivity index (χ1) is 19.3. The zero-order valence-electron chi connectivity index (χ0n) is 24.3. The van der Waals surface area contributed by atoms with Crippen LogP contribution >= 0.6 is 45.9 Å². The Morgan fingerprint density at radius 3 is 2.19 bits per heavy atom. The molecule has 0 spiro atoms. The van der Waals surface area contributed by atoms with Crippen LogP contribution in [0.1, 0.15) is 111 Å². The summed E-state index contributed by atoms with van der Waals surface area (Å²) in [6, 6.07) is 0. The fraction of sp³-hybridized carbons (Fsp3) is 0.630. The van der Waals surface area contributed by atoms with E-state index in [1.807, 2.05) is 0 Å². The molecule has 4 bridgehead atoms. The summed E-state index contributed by atoms with van der Waals surface area (Å²) in [5.41, 5.74) is -3.25. The molecule has 0 unspecified atom stereocenters. The van der Waals surface area contributed by atoms with Crippen molar-refractivity contribution >= 4 is 69.8 Å². The number of nitrogens with zero attached hydrogens (tertiary/aromatic N) is 2. The molecule has 1 aliphatic heterocycles. The number of fused-ring (bicyclic) bond motifs is 4. The average molecular weight is 666 g/mol. The van der Waals surface area contributed by atoms with E-state index in [2.05, 4.69) is 9.97 Å². The Hall–Kier alpha value is -2.32. The zero-order valence-corrected chi connectivity index (χ0v) is 27.4. The van der Waals surface area contributed by atoms with Crippen LogP contribution in [-0.4, -0.2) is 60.6 Å². The third-order valence-corrected chi connectivity index (χ3v) is 8.50. The van der Waals surface area contributed by atoms with Crippen molar-refractivity contribution < 1.29 is 43.2 Å². The normalized spacial score (nSPS) is 23.8. The highest BCUT2D eigenvalue weighted by molar-refractivity contribution is 7.10. The molecule has 0 fully saturated rings. The molecule has 2 aromatic heterocycles. The molecule has 1 aliphatic rings. The number of carbonyl (C=O) groups excluding carboxylic acids is 4. The van der Waals surface area contributed by atoms with Crippen LogP contribution in [0.15, 0.2) is 10.8 Å². The molecule has 1 N–H and O–H groups in total. The molecule has 0 radical (unpaired) electrons. The van der Waals surface area contributed by atoms with Crippen LogP contribution < -0.4 is 0 Å². The largest absolute Gasteiger partial charge is 0.457 e. The smallest absolute Gasteiger partial charge is 0.358 e. The number of aromatic nitrogens is 2. The Bertz CT molecular complexity index is 1310. The summed E-state index contributed by atoms with van der Waals surface area (Å²) in [6.45, 7) is 10.3. The van der Waals surface area contributed by atoms with Crippen LogP contribution in [0.4, 0.5) is 0 Å². The van der Waals surface area contributed by atoms with Gasteiger partial charge >= 0.3 is 23.9 Å². The molecule has 42 heavy (non-hydrogen) atoms. The van der Waals surface area contributed by atoms with Gasteiger partial charge in [0.2, 0.25) is 0 Å². The number of carbonyl (C=O) groups is 4. The molecule has 4 atom stereocenters. The van der Waals surface area contributed by atoms with Crippen LogP contribution in [-0.2, 0) is 28.5 Å². The minimum atomic E-state index is -1.60. The Morgan fingerprint density at radius 2 is 1.62 bits per heavy atom. The van der Waals surface area contributed by atoms with E-state index in [9.17, 15) is 24.3 Å². The number of hydrogen-bond acceptors (Lipinski definition) is 13. The molecule has 0 aliphatic carbocycles. The van der Waals surface area contributed by atoms with Crippen molar-refractivity contribution in [3.8, 4) is 0 Å². The molecular formula is C27H34Cl2N2O9S2. The van der Waals surface area contributed by atoms with Crippen molar-refractivity contribution in [1.82, 2.24) is 9.97 Å². The molecule has 15 heteroatoms. The van der Waals surface area contributed by atoms with Gasteiger partial charge in [-0.3, -0.25) is 9.59 Å². The predicted octanol–water partition coefficient (Wildman–Crippen LogP) is 5.73. The Kier molecular flexibility index (Phi) is 10.7. The van der Waals surface area contributed by atoms with Crippen LogP contribution in [0.25, 0.3) is 0 Å². The van der Waals surface area contributed by atoms with Gasteiger partial charge in [0.05, 0.1) is 5.92 Å². The van der Waals surface area contributed by atoms with Gasteiger partial charge in [0.25, 0.3) is 0 Å². The van der Waals surface area contributed by atoms with Crippen molar-refractivity contribution in [2.24, 2.45) is 5.92 Å². The van der Waals surface area contributed by atoms with Crippen LogP contribution in [0, 0.1) is 5.92 Å². The molecule has 0 saturated heterocycles. The second kappa shape index (κ2) is 13.1. The number of ether oxygens (including phenoxy) is 4. The summed E-state index contributed by atoms with van der Waals surface area (Å²) in [7, 11) is 0. The lowest BCUT2D eigenvalue weighted by Gasteiger charge is -2.31. The lowest BCUT2D eigenvalue weighted by Crippen LogP contribution is -2.38. The second-order valence-corrected chi connectivity index (χ2v) is 14.9. The number of esters is 4. The van der Waals surface area contributed by atoms with E-state index in [4.69, 9.17) is 42.1 Å². The van der Waals surface area contributed by atoms with Gasteiger partial charge in [-0.05, 0) is 60.8 Å². The van der Waals surface area contributed by atoms with E-state index in [0.717, 1.165) is 22.7 Å². The first-order valence-electron chi connectivity index (χ1n) is 13.1. The van der Waals surface area contributed by atoms with Crippen LogP contribution in [0.2, 0.25) is 0 Å². The summed E-state index contributed by atoms with van der Waals surface area (Å²) >= 11 is 14.2. The zero-order chi connectivity index (χ0) is 31.6. The van der Waals surface area contributed by atoms with E-state index in [-0.39, 0.29) is 27.8 Å². The fourth-order valence-electron chi connectivity index (χ4n) is 4.10. The van der Waals surface area contributed by atoms with Crippen molar-refractivity contribution in [1.29, 1.82) is 0 Å². The molecule has 232 valence electrons. The Labute approximate surface area is 261 Å². The molecule has 11 nitrogen and oxygen atoms in total. The predicted molar refractivity (Wildman–Crippen MR) is 156 cm³/mol. The van der Waals surface area contributed by atoms with E-state index in [0.29, 0.717) is 12.8 Å². The number of halogens is 2. The molecule has 3 rings (SSSR count). The third kappa shape index (κ3) is 8.85. The van der Waals surface area contributed by atoms with Gasteiger partial charge in [-0.15, -0.1) is 45.9 Å². The van der Waals surface area contributed by atoms with Crippen LogP contribution in [0.5, 0.6) is 0 Å². The maximum absolute atomic E-state index is 13.4. The van der Waals surface area contributed by atoms with E-state index in [1.54, 1.807) is 6.92 Å². The lowest BCUT2D eigenvalue weighted by molar-refractivity contribution is -0.171. The average Bonchev–Trinajstić information content (AvgIpc) is 3.52. The minimum absolute atomic E-state index is 0.0956. The third-order valence-electron chi connectivity index (χ3n) is 6.35. The summed E-state index contributed by atoms with van der Waals surface area (Å²) < 4.78 is 21.6. The Morgan fingerprint density at radius 1 is 1.05 bits per heavy atom. The minimum Gasteiger partial charge on any atom is -0.457 e. The molecule has 0 saturated carbocycles. The maximum atomic E-state index is 13.4. The highest BCUT2D eigenvalue weighted by Gasteiger charge is 2.42. The quantitative estimate of drug-likeness (QED) is 0.229. The van der Waals surface area contributed by atoms with Crippen LogP contribution in [0.3, 0.4) is 0 Å². The Balaban J connectivity index is 2.09. The van der Waals surface area contributed by atoms with Gasteiger partial charge in [0.1, 0.15) is 26.1 Å². The molecule has 2 aromatic rings. The maximum Gasteiger partial charge on any atom is 0.358 e. The monoisotopic (exact) mass is 664 g/mol. The highest BCUT2D eigenvalue weighted by atomic mass is 35.5. The highest BCUT2D eigenvalue weighted by Crippen LogP contribution is 2.38. The standard InChI is InChI=1S/C27H34Cl2N2O9S2/c1-13-17(9-8-10-27(7,28)29)38-23(34)15-11-42-21(30-15)19(37-14(2)32)26(5,6)40-24(35)16-12-41-20(31-16)18(25(3,4)36)39-22(13)33/h11-13,17-19,36H,8-10H2,1-7H3/t13-,17-,18-,19+/m1/s1. The number of alkyl halides is 2. The SMILES string of the molecule is CC(=O)O[C@H]1c2nc(cs2)C(=O)O[C@H](CCCC(C)(Cl)Cl)[C@@H](C)C(=O)O[C@@H](C(C)(C)O)c2nc(cs2)C(=O)OC1(C)C. The lowest BCUT2D eigenvalue weighted by atomic mass is 9.97. The number of cyclic esters (lactones) is 3. The summed E-state index contributed by atoms with van der Waals surface area (Å²) in [4.78, 5) is 60.4. The van der Waals surface area contributed by atoms with Crippen molar-refractivity contribution in [2.75, 3.05) is 0 Å². The van der Waals surface area contributed by atoms with Gasteiger partial charge in [-0.25, -0.2) is 19.6 Å². The molecule has 0 amide bonds. The second-order valence-electron chi connectivity index (χ2n) is 11.3. The summed E-state index contributed by atoms with van der Waals surface area (Å²) in [6.07, 6.45) is -2.42. The number of rotatable bonds is 6. The fourth-order valence-corrected chi connectivity index (χ4v) is 6.35. The number of thiazole rings is 2. The van der Waals surface area contributed by atoms with Crippen molar-refractivity contribution in [2.45, 2.75) is 102 Å². The molecule has 3 heterocycles. The first-order valence-corrected chi connectivity index (χ1v) is 15.6. The molecular weight excluding hydrogens is 631 g/mol. The number of hydrogen-bond donors (Lipinski definition) is 1. The van der Waals surface area contributed by atoms with E-state index in [1.165, 1.54) is 52.3 Å². The van der Waals surface area contributed by atoms with Gasteiger partial charge in [0, 0.05) is 17.7 Å². The van der Waals surface area contributed by atoms with Gasteiger partial charge < -0.3 is 24.1 Å². The van der Waals surface area contributed by atoms with E-state index >= 15 is 0 Å². The van der Waals surface area contributed by atoms with Crippen molar-refractivity contribution in [3.05, 3.63) is 32.2 Å². The number of aliphatic hydroxyl groups is 1. The first kappa shape index (κ1) is 34.2. The van der Waals surface area contributed by atoms with Gasteiger partial charge in [-0.2, -0.15) is 0 Å². The summed E-state index contributed by atoms with van der Waals surface area (Å²) in [5, 5.41) is 14.0. The van der Waals surface area contributed by atoms with E-state index < -0.39 is 63.6 Å². The van der Waals surface area contributed by atoms with Crippen molar-refractivity contribution in [3.63, 3.8) is 0 Å². The van der Waals surface area contributed by atoms with Gasteiger partial charge in [0.15, 0.2) is 29.2 Å².